The van der Waals surface area contributed by atoms with Crippen molar-refractivity contribution in [3.8, 4) is 0 Å². The van der Waals surface area contributed by atoms with Crippen molar-refractivity contribution in [2.45, 2.75) is 46.2 Å². The van der Waals surface area contributed by atoms with Gasteiger partial charge >= 0.3 is 0 Å². The Kier molecular flexibility index (Phi) is 4.84. The van der Waals surface area contributed by atoms with Crippen LogP contribution in [0.15, 0.2) is 24.3 Å². The van der Waals surface area contributed by atoms with E-state index in [4.69, 9.17) is 17.3 Å². The Labute approximate surface area is 125 Å². The van der Waals surface area contributed by atoms with Gasteiger partial charge in [0.2, 0.25) is 0 Å². The van der Waals surface area contributed by atoms with Crippen LogP contribution in [0.1, 0.15) is 42.4 Å². The van der Waals surface area contributed by atoms with Crippen molar-refractivity contribution in [1.29, 1.82) is 0 Å². The lowest BCUT2D eigenvalue weighted by atomic mass is 10.0. The molecule has 0 fully saturated rings. The van der Waals surface area contributed by atoms with E-state index in [1.807, 2.05) is 4.68 Å². The molecule has 1 aromatic carbocycles. The fourth-order valence-corrected chi connectivity index (χ4v) is 2.70. The lowest BCUT2D eigenvalue weighted by Gasteiger charge is -2.13. The zero-order chi connectivity index (χ0) is 14.7. The highest BCUT2D eigenvalue weighted by molar-refractivity contribution is 6.31. The molecule has 3 nitrogen and oxygen atoms in total. The molecule has 0 aliphatic rings. The summed E-state index contributed by atoms with van der Waals surface area (Å²) in [6.07, 6.45) is 1.56. The maximum absolute atomic E-state index is 6.43. The van der Waals surface area contributed by atoms with Gasteiger partial charge in [0.05, 0.1) is 16.4 Å². The summed E-state index contributed by atoms with van der Waals surface area (Å²) in [6, 6.07) is 8.29. The minimum atomic E-state index is -0.0557. The molecule has 1 heterocycles. The van der Waals surface area contributed by atoms with Crippen LogP contribution in [-0.4, -0.2) is 9.78 Å². The highest BCUT2D eigenvalue weighted by Gasteiger charge is 2.17. The number of hydrogen-bond donors (Lipinski definition) is 1. The predicted molar refractivity (Wildman–Crippen MR) is 84.1 cm³/mol. The molecule has 0 amide bonds. The van der Waals surface area contributed by atoms with Crippen LogP contribution in [0, 0.1) is 6.92 Å². The van der Waals surface area contributed by atoms with E-state index < -0.39 is 0 Å². The summed E-state index contributed by atoms with van der Waals surface area (Å²) in [7, 11) is 0. The second-order valence-electron chi connectivity index (χ2n) is 5.10. The van der Waals surface area contributed by atoms with E-state index in [1.54, 1.807) is 0 Å². The topological polar surface area (TPSA) is 43.8 Å². The Hall–Kier alpha value is -1.32. The van der Waals surface area contributed by atoms with Gasteiger partial charge < -0.3 is 5.73 Å². The van der Waals surface area contributed by atoms with Crippen molar-refractivity contribution in [2.24, 2.45) is 5.73 Å². The lowest BCUT2D eigenvalue weighted by Crippen LogP contribution is -2.16. The largest absolute Gasteiger partial charge is 0.324 e. The van der Waals surface area contributed by atoms with Gasteiger partial charge in [0.25, 0.3) is 0 Å². The molecule has 2 rings (SSSR count). The minimum Gasteiger partial charge on any atom is -0.324 e. The highest BCUT2D eigenvalue weighted by atomic mass is 35.5. The minimum absolute atomic E-state index is 0.0557. The van der Waals surface area contributed by atoms with Crippen LogP contribution in [0.2, 0.25) is 5.02 Å². The van der Waals surface area contributed by atoms with Crippen LogP contribution in [0.3, 0.4) is 0 Å². The van der Waals surface area contributed by atoms with E-state index in [-0.39, 0.29) is 6.04 Å². The number of rotatable bonds is 5. The van der Waals surface area contributed by atoms with Gasteiger partial charge in [0.1, 0.15) is 0 Å². The maximum atomic E-state index is 6.43. The Morgan fingerprint density at radius 3 is 2.45 bits per heavy atom. The summed E-state index contributed by atoms with van der Waals surface area (Å²) < 4.78 is 1.97. The standard InChI is InChI=1S/C16H22ClN3/c1-4-14-16(17)15(20(5-2)19-14)10-13(18)12-8-6-11(3)7-9-12/h6-9,13H,4-5,10,18H2,1-3H3. The third kappa shape index (κ3) is 3.05. The molecule has 1 atom stereocenters. The fourth-order valence-electron chi connectivity index (χ4n) is 2.35. The smallest absolute Gasteiger partial charge is 0.0850 e. The average molecular weight is 292 g/mol. The first-order valence-corrected chi connectivity index (χ1v) is 7.50. The normalized spacial score (nSPS) is 12.7. The van der Waals surface area contributed by atoms with Crippen LogP contribution in [-0.2, 0) is 19.4 Å². The van der Waals surface area contributed by atoms with Gasteiger partial charge in [-0.25, -0.2) is 0 Å². The van der Waals surface area contributed by atoms with Crippen molar-refractivity contribution in [2.75, 3.05) is 0 Å². The van der Waals surface area contributed by atoms with Crippen LogP contribution in [0.4, 0.5) is 0 Å². The quantitative estimate of drug-likeness (QED) is 0.913. The van der Waals surface area contributed by atoms with E-state index in [1.165, 1.54) is 5.56 Å². The number of aryl methyl sites for hydroxylation is 3. The fraction of sp³-hybridized carbons (Fsp3) is 0.438. The van der Waals surface area contributed by atoms with Gasteiger partial charge in [0.15, 0.2) is 0 Å². The highest BCUT2D eigenvalue weighted by Crippen LogP contribution is 2.26. The van der Waals surface area contributed by atoms with Gasteiger partial charge in [-0.05, 0) is 25.8 Å². The first-order chi connectivity index (χ1) is 9.56. The van der Waals surface area contributed by atoms with Crippen molar-refractivity contribution < 1.29 is 0 Å². The van der Waals surface area contributed by atoms with E-state index in [2.05, 4.69) is 50.1 Å². The molecule has 0 bridgehead atoms. The summed E-state index contributed by atoms with van der Waals surface area (Å²) in [4.78, 5) is 0. The number of halogens is 1. The molecule has 2 N–H and O–H groups in total. The third-order valence-electron chi connectivity index (χ3n) is 3.61. The van der Waals surface area contributed by atoms with Crippen molar-refractivity contribution >= 4 is 11.6 Å². The van der Waals surface area contributed by atoms with E-state index in [0.717, 1.165) is 34.9 Å². The Morgan fingerprint density at radius 1 is 1.25 bits per heavy atom. The molecule has 1 unspecified atom stereocenters. The van der Waals surface area contributed by atoms with Crippen molar-refractivity contribution in [3.63, 3.8) is 0 Å². The summed E-state index contributed by atoms with van der Waals surface area (Å²) in [6.45, 7) is 7.03. The number of hydrogen-bond acceptors (Lipinski definition) is 2. The van der Waals surface area contributed by atoms with Crippen LogP contribution in [0.5, 0.6) is 0 Å². The number of benzene rings is 1. The zero-order valence-corrected chi connectivity index (χ0v) is 13.1. The number of nitrogens with zero attached hydrogens (tertiary/aromatic N) is 2. The molecule has 0 aliphatic heterocycles. The number of aromatic nitrogens is 2. The van der Waals surface area contributed by atoms with Crippen LogP contribution in [0.25, 0.3) is 0 Å². The zero-order valence-electron chi connectivity index (χ0n) is 12.4. The Morgan fingerprint density at radius 2 is 1.90 bits per heavy atom. The van der Waals surface area contributed by atoms with Gasteiger partial charge in [0, 0.05) is 19.0 Å². The molecular weight excluding hydrogens is 270 g/mol. The van der Waals surface area contributed by atoms with E-state index in [0.29, 0.717) is 6.42 Å². The summed E-state index contributed by atoms with van der Waals surface area (Å²) >= 11 is 6.43. The van der Waals surface area contributed by atoms with Gasteiger partial charge in [-0.1, -0.05) is 48.4 Å². The van der Waals surface area contributed by atoms with E-state index in [9.17, 15) is 0 Å². The number of nitrogens with two attached hydrogens (primary N) is 1. The molecular formula is C16H22ClN3. The monoisotopic (exact) mass is 291 g/mol. The summed E-state index contributed by atoms with van der Waals surface area (Å²) in [5.74, 6) is 0. The molecule has 0 saturated carbocycles. The third-order valence-corrected chi connectivity index (χ3v) is 4.05. The molecule has 108 valence electrons. The maximum Gasteiger partial charge on any atom is 0.0850 e. The first-order valence-electron chi connectivity index (χ1n) is 7.13. The van der Waals surface area contributed by atoms with Crippen LogP contribution < -0.4 is 5.73 Å². The SMILES string of the molecule is CCc1nn(CC)c(CC(N)c2ccc(C)cc2)c1Cl. The molecule has 0 radical (unpaired) electrons. The lowest BCUT2D eigenvalue weighted by molar-refractivity contribution is 0.585. The Balaban J connectivity index is 2.25. The molecule has 4 heteroatoms. The second kappa shape index (κ2) is 6.42. The van der Waals surface area contributed by atoms with Gasteiger partial charge in [-0.2, -0.15) is 5.10 Å². The molecule has 2 aromatic rings. The molecule has 0 spiro atoms. The first kappa shape index (κ1) is 15.1. The summed E-state index contributed by atoms with van der Waals surface area (Å²) in [5.41, 5.74) is 10.7. The van der Waals surface area contributed by atoms with Crippen LogP contribution >= 0.6 is 11.6 Å². The molecule has 0 saturated heterocycles. The van der Waals surface area contributed by atoms with Crippen molar-refractivity contribution in [3.05, 3.63) is 51.8 Å². The van der Waals surface area contributed by atoms with Gasteiger partial charge in [-0.3, -0.25) is 4.68 Å². The van der Waals surface area contributed by atoms with Gasteiger partial charge in [-0.15, -0.1) is 0 Å². The molecule has 20 heavy (non-hydrogen) atoms. The second-order valence-corrected chi connectivity index (χ2v) is 5.48. The predicted octanol–water partition coefficient (Wildman–Crippen LogP) is 3.67. The molecule has 0 aliphatic carbocycles. The Bertz CT molecular complexity index is 572. The van der Waals surface area contributed by atoms with E-state index >= 15 is 0 Å². The average Bonchev–Trinajstić information content (AvgIpc) is 2.76. The van der Waals surface area contributed by atoms with Crippen molar-refractivity contribution in [1.82, 2.24) is 9.78 Å². The molecule has 1 aromatic heterocycles. The summed E-state index contributed by atoms with van der Waals surface area (Å²) in [5, 5.41) is 5.31.